The van der Waals surface area contributed by atoms with E-state index in [0.717, 1.165) is 5.56 Å². The molecule has 0 heterocycles. The van der Waals surface area contributed by atoms with Gasteiger partial charge in [0.25, 0.3) is 0 Å². The van der Waals surface area contributed by atoms with Crippen molar-refractivity contribution in [2.45, 2.75) is 11.8 Å². The molecule has 0 atom stereocenters. The van der Waals surface area contributed by atoms with Crippen molar-refractivity contribution >= 4 is 27.5 Å². The molecule has 0 radical (unpaired) electrons. The van der Waals surface area contributed by atoms with Crippen LogP contribution in [0.1, 0.15) is 12.5 Å². The SMILES string of the molecule is CCS(=O)(=O)c1ccc(NC(=O)/C=C/c2ccc(OC)cc2OC)cc1. The average Bonchev–Trinajstić information content (AvgIpc) is 2.66. The highest BCUT2D eigenvalue weighted by molar-refractivity contribution is 7.91. The lowest BCUT2D eigenvalue weighted by Crippen LogP contribution is -2.08. The predicted octanol–water partition coefficient (Wildman–Crippen LogP) is 3.15. The predicted molar refractivity (Wildman–Crippen MR) is 101 cm³/mol. The van der Waals surface area contributed by atoms with Crippen molar-refractivity contribution in [1.29, 1.82) is 0 Å². The minimum Gasteiger partial charge on any atom is -0.497 e. The van der Waals surface area contributed by atoms with E-state index in [9.17, 15) is 13.2 Å². The summed E-state index contributed by atoms with van der Waals surface area (Å²) >= 11 is 0. The summed E-state index contributed by atoms with van der Waals surface area (Å²) in [7, 11) is -0.150. The van der Waals surface area contributed by atoms with Gasteiger partial charge in [0.1, 0.15) is 11.5 Å². The quantitative estimate of drug-likeness (QED) is 0.752. The number of methoxy groups -OCH3 is 2. The Balaban J connectivity index is 2.08. The Bertz CT molecular complexity index is 902. The number of sulfone groups is 1. The van der Waals surface area contributed by atoms with Gasteiger partial charge in [-0.15, -0.1) is 0 Å². The molecule has 1 N–H and O–H groups in total. The molecule has 0 unspecified atom stereocenters. The number of ether oxygens (including phenoxy) is 2. The smallest absolute Gasteiger partial charge is 0.248 e. The summed E-state index contributed by atoms with van der Waals surface area (Å²) in [5.74, 6) is 0.938. The Morgan fingerprint density at radius 3 is 2.35 bits per heavy atom. The number of hydrogen-bond acceptors (Lipinski definition) is 5. The van der Waals surface area contributed by atoms with Crippen LogP contribution in [-0.2, 0) is 14.6 Å². The van der Waals surface area contributed by atoms with Crippen LogP contribution in [0.15, 0.2) is 53.4 Å². The topological polar surface area (TPSA) is 81.7 Å². The molecule has 26 heavy (non-hydrogen) atoms. The largest absolute Gasteiger partial charge is 0.497 e. The maximum Gasteiger partial charge on any atom is 0.248 e. The highest BCUT2D eigenvalue weighted by atomic mass is 32.2. The first kappa shape index (κ1) is 19.5. The van der Waals surface area contributed by atoms with Crippen molar-refractivity contribution in [3.63, 3.8) is 0 Å². The van der Waals surface area contributed by atoms with Crippen LogP contribution in [0.25, 0.3) is 6.08 Å². The second-order valence-corrected chi connectivity index (χ2v) is 7.64. The first-order valence-corrected chi connectivity index (χ1v) is 9.58. The lowest BCUT2D eigenvalue weighted by atomic mass is 10.1. The van der Waals surface area contributed by atoms with Crippen LogP contribution >= 0.6 is 0 Å². The van der Waals surface area contributed by atoms with Gasteiger partial charge < -0.3 is 14.8 Å². The second kappa shape index (κ2) is 8.53. The molecule has 138 valence electrons. The van der Waals surface area contributed by atoms with Crippen molar-refractivity contribution < 1.29 is 22.7 Å². The maximum absolute atomic E-state index is 12.1. The summed E-state index contributed by atoms with van der Waals surface area (Å²) in [5, 5.41) is 2.68. The Labute approximate surface area is 153 Å². The van der Waals surface area contributed by atoms with Crippen LogP contribution in [0.4, 0.5) is 5.69 Å². The third kappa shape index (κ3) is 4.86. The molecule has 0 saturated carbocycles. The number of hydrogen-bond donors (Lipinski definition) is 1. The molecule has 0 aliphatic heterocycles. The van der Waals surface area contributed by atoms with E-state index in [0.29, 0.717) is 17.2 Å². The van der Waals surface area contributed by atoms with Gasteiger partial charge in [-0.3, -0.25) is 4.79 Å². The van der Waals surface area contributed by atoms with Gasteiger partial charge in [0, 0.05) is 23.4 Å². The molecule has 7 heteroatoms. The number of nitrogens with one attached hydrogen (secondary N) is 1. The van der Waals surface area contributed by atoms with Crippen LogP contribution in [0.5, 0.6) is 11.5 Å². The summed E-state index contributed by atoms with van der Waals surface area (Å²) in [5.41, 5.74) is 1.24. The summed E-state index contributed by atoms with van der Waals surface area (Å²) < 4.78 is 34.0. The molecule has 2 aromatic rings. The Hall–Kier alpha value is -2.80. The number of rotatable bonds is 7. The fourth-order valence-corrected chi connectivity index (χ4v) is 3.10. The van der Waals surface area contributed by atoms with Crippen molar-refractivity contribution in [1.82, 2.24) is 0 Å². The maximum atomic E-state index is 12.1. The highest BCUT2D eigenvalue weighted by Gasteiger charge is 2.11. The van der Waals surface area contributed by atoms with E-state index >= 15 is 0 Å². The molecule has 2 rings (SSSR count). The van der Waals surface area contributed by atoms with E-state index in [-0.39, 0.29) is 16.6 Å². The summed E-state index contributed by atoms with van der Waals surface area (Å²) in [6.07, 6.45) is 3.00. The van der Waals surface area contributed by atoms with Gasteiger partial charge in [0.15, 0.2) is 9.84 Å². The van der Waals surface area contributed by atoms with Crippen LogP contribution in [0, 0.1) is 0 Å². The zero-order valence-corrected chi connectivity index (χ0v) is 15.7. The second-order valence-electron chi connectivity index (χ2n) is 5.36. The summed E-state index contributed by atoms with van der Waals surface area (Å²) in [4.78, 5) is 12.3. The molecule has 0 saturated heterocycles. The van der Waals surface area contributed by atoms with E-state index in [1.807, 2.05) is 0 Å². The number of anilines is 1. The molecule has 2 aromatic carbocycles. The van der Waals surface area contributed by atoms with E-state index in [2.05, 4.69) is 5.32 Å². The van der Waals surface area contributed by atoms with Gasteiger partial charge >= 0.3 is 0 Å². The van der Waals surface area contributed by atoms with Crippen molar-refractivity contribution in [2.75, 3.05) is 25.3 Å². The van der Waals surface area contributed by atoms with Crippen LogP contribution in [-0.4, -0.2) is 34.3 Å². The lowest BCUT2D eigenvalue weighted by Gasteiger charge is -2.07. The molecular formula is C19H21NO5S. The Morgan fingerprint density at radius 1 is 1.08 bits per heavy atom. The average molecular weight is 375 g/mol. The normalized spacial score (nSPS) is 11.3. The molecule has 0 aliphatic carbocycles. The minimum absolute atomic E-state index is 0.0329. The summed E-state index contributed by atoms with van der Waals surface area (Å²) in [6.45, 7) is 1.59. The lowest BCUT2D eigenvalue weighted by molar-refractivity contribution is -0.111. The van der Waals surface area contributed by atoms with E-state index in [4.69, 9.17) is 9.47 Å². The monoisotopic (exact) mass is 375 g/mol. The number of carbonyl (C=O) groups excluding carboxylic acids is 1. The van der Waals surface area contributed by atoms with E-state index in [1.54, 1.807) is 50.4 Å². The Kier molecular flexibility index (Phi) is 6.41. The third-order valence-corrected chi connectivity index (χ3v) is 5.47. The molecule has 6 nitrogen and oxygen atoms in total. The van der Waals surface area contributed by atoms with Crippen molar-refractivity contribution in [3.05, 3.63) is 54.1 Å². The molecule has 1 amide bonds. The standard InChI is InChI=1S/C19H21NO5S/c1-4-26(22,23)17-10-7-15(8-11-17)20-19(21)12-6-14-5-9-16(24-2)13-18(14)25-3/h5-13H,4H2,1-3H3,(H,20,21)/b12-6+. The minimum atomic E-state index is -3.25. The van der Waals surface area contributed by atoms with Crippen LogP contribution in [0.3, 0.4) is 0 Å². The van der Waals surface area contributed by atoms with Gasteiger partial charge in [-0.1, -0.05) is 6.92 Å². The van der Waals surface area contributed by atoms with Crippen molar-refractivity contribution in [3.8, 4) is 11.5 Å². The van der Waals surface area contributed by atoms with Gasteiger partial charge in [0.2, 0.25) is 5.91 Å². The van der Waals surface area contributed by atoms with Crippen molar-refractivity contribution in [2.24, 2.45) is 0 Å². The fraction of sp³-hybridized carbons (Fsp3) is 0.211. The van der Waals surface area contributed by atoms with E-state index in [1.165, 1.54) is 25.3 Å². The molecule has 0 spiro atoms. The van der Waals surface area contributed by atoms with Gasteiger partial charge in [-0.2, -0.15) is 0 Å². The van der Waals surface area contributed by atoms with Gasteiger partial charge in [0.05, 0.1) is 24.9 Å². The number of amides is 1. The number of carbonyl (C=O) groups is 1. The van der Waals surface area contributed by atoms with Crippen LogP contribution in [0.2, 0.25) is 0 Å². The number of benzene rings is 2. The zero-order valence-electron chi connectivity index (χ0n) is 14.9. The summed E-state index contributed by atoms with van der Waals surface area (Å²) in [6, 6.07) is 11.4. The molecule has 0 fully saturated rings. The molecule has 0 bridgehead atoms. The molecule has 0 aliphatic rings. The molecule has 0 aromatic heterocycles. The third-order valence-electron chi connectivity index (χ3n) is 3.72. The fourth-order valence-electron chi connectivity index (χ4n) is 2.22. The zero-order chi connectivity index (χ0) is 19.2. The van der Waals surface area contributed by atoms with Gasteiger partial charge in [-0.05, 0) is 42.5 Å². The van der Waals surface area contributed by atoms with Gasteiger partial charge in [-0.25, -0.2) is 8.42 Å². The highest BCUT2D eigenvalue weighted by Crippen LogP contribution is 2.25. The molecular weight excluding hydrogens is 354 g/mol. The Morgan fingerprint density at radius 2 is 1.77 bits per heavy atom. The first-order valence-electron chi connectivity index (χ1n) is 7.93. The first-order chi connectivity index (χ1) is 12.4. The van der Waals surface area contributed by atoms with E-state index < -0.39 is 9.84 Å². The van der Waals surface area contributed by atoms with Crippen LogP contribution < -0.4 is 14.8 Å².